The van der Waals surface area contributed by atoms with Crippen molar-refractivity contribution in [3.8, 4) is 5.75 Å². The minimum atomic E-state index is -1.25. The smallest absolute Gasteiger partial charge is 0.338 e. The average molecular weight is 470 g/mol. The number of rotatable bonds is 6. The normalized spacial score (nSPS) is 18.0. The maximum absolute atomic E-state index is 14.4. The fraction of sp³-hybridized carbons (Fsp3) is 0.233. The number of fused-ring (bicyclic) bond motifs is 2. The monoisotopic (exact) mass is 469 g/mol. The predicted octanol–water partition coefficient (Wildman–Crippen LogP) is 6.62. The Morgan fingerprint density at radius 2 is 1.83 bits per heavy atom. The first kappa shape index (κ1) is 23.1. The van der Waals surface area contributed by atoms with Crippen molar-refractivity contribution in [3.05, 3.63) is 112 Å². The highest BCUT2D eigenvalue weighted by Crippen LogP contribution is 2.41. The van der Waals surface area contributed by atoms with Gasteiger partial charge in [-0.25, -0.2) is 9.18 Å². The first-order valence-corrected chi connectivity index (χ1v) is 11.9. The number of hydrogen-bond donors (Lipinski definition) is 2. The van der Waals surface area contributed by atoms with E-state index in [1.807, 2.05) is 30.3 Å². The fourth-order valence-electron chi connectivity index (χ4n) is 5.13. The molecule has 35 heavy (non-hydrogen) atoms. The third kappa shape index (κ3) is 4.52. The van der Waals surface area contributed by atoms with Crippen LogP contribution in [0.5, 0.6) is 5.75 Å². The number of carbonyl (C=O) groups is 1. The molecule has 0 bridgehead atoms. The van der Waals surface area contributed by atoms with E-state index < -0.39 is 11.8 Å². The molecule has 1 heterocycles. The molecule has 4 aromatic carbocycles. The van der Waals surface area contributed by atoms with E-state index in [-0.39, 0.29) is 23.6 Å². The largest absolute Gasteiger partial charge is 0.489 e. The quantitative estimate of drug-likeness (QED) is 0.333. The summed E-state index contributed by atoms with van der Waals surface area (Å²) in [5.74, 6) is -1.23. The van der Waals surface area contributed by atoms with Crippen molar-refractivity contribution in [2.45, 2.75) is 38.3 Å². The number of hydrogen-bond acceptors (Lipinski definition) is 3. The van der Waals surface area contributed by atoms with Gasteiger partial charge in [0.15, 0.2) is 0 Å². The molecule has 1 aliphatic rings. The molecule has 0 unspecified atom stereocenters. The molecular weight excluding hydrogens is 441 g/mol. The molecule has 2 N–H and O–H groups in total. The lowest BCUT2D eigenvalue weighted by molar-refractivity contribution is 0.0691. The SMILES string of the molecule is Cc1cc([C@H]2C[C@@H](CN[C@H](C)c3cccc4ccccc34)Oc3ccccc32)cc(C(=O)O)c1F. The number of aromatic carboxylic acids is 1. The fourth-order valence-corrected chi connectivity index (χ4v) is 5.13. The van der Waals surface area contributed by atoms with Gasteiger partial charge in [0.1, 0.15) is 17.7 Å². The van der Waals surface area contributed by atoms with Crippen molar-refractivity contribution < 1.29 is 19.0 Å². The van der Waals surface area contributed by atoms with E-state index in [1.165, 1.54) is 22.4 Å². The van der Waals surface area contributed by atoms with E-state index in [9.17, 15) is 14.3 Å². The molecule has 4 nitrogen and oxygen atoms in total. The van der Waals surface area contributed by atoms with Gasteiger partial charge in [-0.1, -0.05) is 66.7 Å². The van der Waals surface area contributed by atoms with Crippen LogP contribution in [0.4, 0.5) is 4.39 Å². The van der Waals surface area contributed by atoms with Gasteiger partial charge >= 0.3 is 5.97 Å². The van der Waals surface area contributed by atoms with Crippen LogP contribution >= 0.6 is 0 Å². The Hall–Kier alpha value is -3.70. The molecule has 4 aromatic rings. The molecule has 0 saturated heterocycles. The molecule has 178 valence electrons. The molecule has 3 atom stereocenters. The molecule has 0 radical (unpaired) electrons. The standard InChI is InChI=1S/C30H28FNO3/c1-18-14-21(15-27(29(18)31)30(33)34)26-16-22(35-28-13-6-5-11-25(26)28)17-32-19(2)23-12-7-9-20-8-3-4-10-24(20)23/h3-15,19,22,26,32H,16-17H2,1-2H3,(H,33,34)/t19-,22+,26-/m1/s1. The van der Waals surface area contributed by atoms with Crippen LogP contribution in [0.1, 0.15) is 57.9 Å². The van der Waals surface area contributed by atoms with Gasteiger partial charge in [0.25, 0.3) is 0 Å². The van der Waals surface area contributed by atoms with Gasteiger partial charge in [0, 0.05) is 24.1 Å². The summed E-state index contributed by atoms with van der Waals surface area (Å²) >= 11 is 0. The minimum Gasteiger partial charge on any atom is -0.489 e. The third-order valence-electron chi connectivity index (χ3n) is 6.94. The number of para-hydroxylation sites is 1. The highest BCUT2D eigenvalue weighted by molar-refractivity contribution is 5.88. The zero-order valence-corrected chi connectivity index (χ0v) is 19.8. The highest BCUT2D eigenvalue weighted by atomic mass is 19.1. The average Bonchev–Trinajstić information content (AvgIpc) is 2.87. The number of carboxylic acid groups (broad SMARTS) is 1. The van der Waals surface area contributed by atoms with Crippen molar-refractivity contribution in [1.82, 2.24) is 5.32 Å². The van der Waals surface area contributed by atoms with Gasteiger partial charge in [-0.2, -0.15) is 0 Å². The van der Waals surface area contributed by atoms with Gasteiger partial charge in [0.05, 0.1) is 5.56 Å². The second-order valence-electron chi connectivity index (χ2n) is 9.27. The summed E-state index contributed by atoms with van der Waals surface area (Å²) < 4.78 is 20.8. The Morgan fingerprint density at radius 3 is 2.66 bits per heavy atom. The number of ether oxygens (including phenoxy) is 1. The van der Waals surface area contributed by atoms with Crippen LogP contribution in [0.15, 0.2) is 78.9 Å². The van der Waals surface area contributed by atoms with Gasteiger partial charge in [-0.3, -0.25) is 0 Å². The van der Waals surface area contributed by atoms with Crippen LogP contribution in [-0.2, 0) is 0 Å². The predicted molar refractivity (Wildman–Crippen MR) is 136 cm³/mol. The lowest BCUT2D eigenvalue weighted by Crippen LogP contribution is -2.37. The molecule has 0 fully saturated rings. The van der Waals surface area contributed by atoms with Crippen molar-refractivity contribution in [1.29, 1.82) is 0 Å². The van der Waals surface area contributed by atoms with Crippen LogP contribution in [0.2, 0.25) is 0 Å². The van der Waals surface area contributed by atoms with Crippen molar-refractivity contribution >= 4 is 16.7 Å². The van der Waals surface area contributed by atoms with Gasteiger partial charge in [0.2, 0.25) is 0 Å². The first-order chi connectivity index (χ1) is 16.9. The molecule has 0 amide bonds. The third-order valence-corrected chi connectivity index (χ3v) is 6.94. The summed E-state index contributed by atoms with van der Waals surface area (Å²) in [6.45, 7) is 4.39. The summed E-state index contributed by atoms with van der Waals surface area (Å²) in [6.07, 6.45) is 0.544. The van der Waals surface area contributed by atoms with E-state index in [2.05, 4.69) is 48.6 Å². The van der Waals surface area contributed by atoms with Gasteiger partial charge in [-0.05, 0) is 59.9 Å². The molecular formula is C30H28FNO3. The van der Waals surface area contributed by atoms with Crippen molar-refractivity contribution in [2.75, 3.05) is 6.54 Å². The summed E-state index contributed by atoms with van der Waals surface area (Å²) in [6, 6.07) is 25.9. The van der Waals surface area contributed by atoms with Crippen LogP contribution in [0.25, 0.3) is 10.8 Å². The Bertz CT molecular complexity index is 1390. The molecule has 0 saturated carbocycles. The topological polar surface area (TPSA) is 58.6 Å². The van der Waals surface area contributed by atoms with E-state index in [1.54, 1.807) is 13.0 Å². The van der Waals surface area contributed by atoms with Crippen LogP contribution in [-0.4, -0.2) is 23.7 Å². The van der Waals surface area contributed by atoms with E-state index in [0.717, 1.165) is 16.9 Å². The Kier molecular flexibility index (Phi) is 6.27. The lowest BCUT2D eigenvalue weighted by Gasteiger charge is -2.33. The second-order valence-corrected chi connectivity index (χ2v) is 9.27. The number of aryl methyl sites for hydroxylation is 1. The molecule has 5 rings (SSSR count). The zero-order chi connectivity index (χ0) is 24.5. The number of nitrogens with one attached hydrogen (secondary N) is 1. The van der Waals surface area contributed by atoms with Crippen LogP contribution < -0.4 is 10.1 Å². The van der Waals surface area contributed by atoms with Crippen LogP contribution in [0.3, 0.4) is 0 Å². The Balaban J connectivity index is 1.41. The van der Waals surface area contributed by atoms with E-state index in [0.29, 0.717) is 18.5 Å². The van der Waals surface area contributed by atoms with Crippen LogP contribution in [0, 0.1) is 12.7 Å². The number of benzene rings is 4. The lowest BCUT2D eigenvalue weighted by atomic mass is 9.82. The van der Waals surface area contributed by atoms with Gasteiger partial charge in [-0.15, -0.1) is 0 Å². The number of carboxylic acids is 1. The first-order valence-electron chi connectivity index (χ1n) is 11.9. The summed E-state index contributed by atoms with van der Waals surface area (Å²) in [5, 5.41) is 15.6. The summed E-state index contributed by atoms with van der Waals surface area (Å²) in [4.78, 5) is 11.6. The highest BCUT2D eigenvalue weighted by Gasteiger charge is 2.31. The second kappa shape index (κ2) is 9.51. The molecule has 1 aliphatic heterocycles. The van der Waals surface area contributed by atoms with Crippen molar-refractivity contribution in [3.63, 3.8) is 0 Å². The summed E-state index contributed by atoms with van der Waals surface area (Å²) in [7, 11) is 0. The molecule has 0 aliphatic carbocycles. The zero-order valence-electron chi connectivity index (χ0n) is 19.8. The van der Waals surface area contributed by atoms with Crippen molar-refractivity contribution in [2.24, 2.45) is 0 Å². The van der Waals surface area contributed by atoms with E-state index >= 15 is 0 Å². The minimum absolute atomic E-state index is 0.0861. The summed E-state index contributed by atoms with van der Waals surface area (Å²) in [5.41, 5.74) is 3.07. The molecule has 0 aromatic heterocycles. The van der Waals surface area contributed by atoms with E-state index in [4.69, 9.17) is 4.74 Å². The number of halogens is 1. The molecule has 0 spiro atoms. The maximum Gasteiger partial charge on any atom is 0.338 e. The Morgan fingerprint density at radius 1 is 1.09 bits per heavy atom. The Labute approximate surface area is 204 Å². The van der Waals surface area contributed by atoms with Gasteiger partial charge < -0.3 is 15.2 Å². The molecule has 5 heteroatoms. The maximum atomic E-state index is 14.4.